The number of pyridine rings is 1. The molecule has 0 saturated carbocycles. The highest BCUT2D eigenvalue weighted by molar-refractivity contribution is 8.26. The molecule has 1 saturated heterocycles. The van der Waals surface area contributed by atoms with Crippen LogP contribution in [-0.4, -0.2) is 30.6 Å². The van der Waals surface area contributed by atoms with Gasteiger partial charge in [-0.15, -0.1) is 0 Å². The number of hydrogen-bond acceptors (Lipinski definition) is 6. The third kappa shape index (κ3) is 4.13. The van der Waals surface area contributed by atoms with E-state index in [1.807, 2.05) is 38.1 Å². The molecule has 3 heterocycles. The molecular weight excluding hydrogens is 430 g/mol. The van der Waals surface area contributed by atoms with Gasteiger partial charge in [-0.05, 0) is 56.2 Å². The first-order chi connectivity index (χ1) is 14.9. The Bertz CT molecular complexity index is 1260. The van der Waals surface area contributed by atoms with Gasteiger partial charge in [0.05, 0.1) is 4.91 Å². The maximum Gasteiger partial charge on any atom is 0.269 e. The van der Waals surface area contributed by atoms with Crippen LogP contribution in [-0.2, 0) is 11.2 Å². The summed E-state index contributed by atoms with van der Waals surface area (Å²) in [5.41, 5.74) is 1.52. The van der Waals surface area contributed by atoms with Gasteiger partial charge in [-0.3, -0.25) is 18.9 Å². The molecule has 1 aromatic carbocycles. The standard InChI is InChI=1S/C23H21N3O3S2/c1-4-15-8-10-16(11-9-15)29-20-17(21(27)25-12-6-5-7-19(25)24-20)13-18-22(28)26(14(2)3)23(30)31-18/h5-14H,4H2,1-3H3/b18-13+. The molecule has 4 rings (SSSR count). The SMILES string of the molecule is CCc1ccc(Oc2nc3ccccn3c(=O)c2/C=C2/SC(=S)N(C(C)C)C2=O)cc1. The Morgan fingerprint density at radius 2 is 1.90 bits per heavy atom. The number of benzene rings is 1. The molecule has 3 aromatic rings. The van der Waals surface area contributed by atoms with Crippen LogP contribution >= 0.6 is 24.0 Å². The molecule has 31 heavy (non-hydrogen) atoms. The lowest BCUT2D eigenvalue weighted by atomic mass is 10.2. The van der Waals surface area contributed by atoms with Crippen LogP contribution in [0.1, 0.15) is 31.9 Å². The van der Waals surface area contributed by atoms with E-state index >= 15 is 0 Å². The summed E-state index contributed by atoms with van der Waals surface area (Å²) in [5.74, 6) is 0.491. The normalized spacial score (nSPS) is 15.5. The molecule has 0 radical (unpaired) electrons. The number of aromatic nitrogens is 2. The fraction of sp³-hybridized carbons (Fsp3) is 0.217. The van der Waals surface area contributed by atoms with Gasteiger partial charge in [0.1, 0.15) is 21.3 Å². The average Bonchev–Trinajstić information content (AvgIpc) is 3.04. The van der Waals surface area contributed by atoms with Crippen molar-refractivity contribution in [2.75, 3.05) is 0 Å². The molecule has 0 atom stereocenters. The molecule has 1 amide bonds. The van der Waals surface area contributed by atoms with Crippen molar-refractivity contribution >= 4 is 45.9 Å². The Kier molecular flexibility index (Phi) is 5.93. The van der Waals surface area contributed by atoms with Crippen molar-refractivity contribution in [2.24, 2.45) is 0 Å². The van der Waals surface area contributed by atoms with Gasteiger partial charge < -0.3 is 4.74 Å². The lowest BCUT2D eigenvalue weighted by Crippen LogP contribution is -2.34. The highest BCUT2D eigenvalue weighted by Gasteiger charge is 2.34. The number of rotatable bonds is 5. The zero-order valence-electron chi connectivity index (χ0n) is 17.4. The van der Waals surface area contributed by atoms with Gasteiger partial charge >= 0.3 is 0 Å². The summed E-state index contributed by atoms with van der Waals surface area (Å²) < 4.78 is 7.91. The fourth-order valence-corrected chi connectivity index (χ4v) is 4.75. The number of nitrogens with zero attached hydrogens (tertiary/aromatic N) is 3. The van der Waals surface area contributed by atoms with Crippen LogP contribution in [0.4, 0.5) is 0 Å². The topological polar surface area (TPSA) is 63.9 Å². The summed E-state index contributed by atoms with van der Waals surface area (Å²) in [6, 6.07) is 12.8. The Morgan fingerprint density at radius 3 is 2.55 bits per heavy atom. The van der Waals surface area contributed by atoms with E-state index in [0.29, 0.717) is 20.6 Å². The van der Waals surface area contributed by atoms with Gasteiger partial charge in [0, 0.05) is 12.2 Å². The van der Waals surface area contributed by atoms with Crippen molar-refractivity contribution in [3.8, 4) is 11.6 Å². The van der Waals surface area contributed by atoms with Gasteiger partial charge in [-0.1, -0.05) is 49.1 Å². The molecule has 0 bridgehead atoms. The molecule has 0 spiro atoms. The average molecular weight is 452 g/mol. The second kappa shape index (κ2) is 8.64. The van der Waals surface area contributed by atoms with E-state index in [-0.39, 0.29) is 29.0 Å². The number of amides is 1. The van der Waals surface area contributed by atoms with Crippen LogP contribution in [0, 0.1) is 0 Å². The number of thiocarbonyl (C=S) groups is 1. The van der Waals surface area contributed by atoms with E-state index in [9.17, 15) is 9.59 Å². The van der Waals surface area contributed by atoms with Gasteiger partial charge in [0.15, 0.2) is 0 Å². The third-order valence-corrected chi connectivity index (χ3v) is 6.23. The third-order valence-electron chi connectivity index (χ3n) is 4.90. The maximum atomic E-state index is 13.3. The number of thioether (sulfide) groups is 1. The lowest BCUT2D eigenvalue weighted by molar-refractivity contribution is -0.123. The molecular formula is C23H21N3O3S2. The molecule has 0 N–H and O–H groups in total. The van der Waals surface area contributed by atoms with Crippen molar-refractivity contribution in [1.82, 2.24) is 14.3 Å². The van der Waals surface area contributed by atoms with E-state index in [0.717, 1.165) is 6.42 Å². The molecule has 6 nitrogen and oxygen atoms in total. The summed E-state index contributed by atoms with van der Waals surface area (Å²) in [7, 11) is 0. The largest absolute Gasteiger partial charge is 0.438 e. The highest BCUT2D eigenvalue weighted by Crippen LogP contribution is 2.35. The molecule has 8 heteroatoms. The Balaban J connectivity index is 1.84. The number of aryl methyl sites for hydroxylation is 1. The first kappa shape index (κ1) is 21.3. The first-order valence-corrected chi connectivity index (χ1v) is 11.2. The maximum absolute atomic E-state index is 13.3. The van der Waals surface area contributed by atoms with Crippen molar-refractivity contribution in [3.05, 3.63) is 75.0 Å². The van der Waals surface area contributed by atoms with Crippen molar-refractivity contribution in [1.29, 1.82) is 0 Å². The molecule has 0 aliphatic carbocycles. The molecule has 158 valence electrons. The zero-order chi connectivity index (χ0) is 22.1. The molecule has 0 unspecified atom stereocenters. The number of hydrogen-bond donors (Lipinski definition) is 0. The van der Waals surface area contributed by atoms with Crippen molar-refractivity contribution in [2.45, 2.75) is 33.2 Å². The van der Waals surface area contributed by atoms with E-state index < -0.39 is 0 Å². The lowest BCUT2D eigenvalue weighted by Gasteiger charge is -2.18. The van der Waals surface area contributed by atoms with E-state index in [4.69, 9.17) is 17.0 Å². The predicted molar refractivity (Wildman–Crippen MR) is 128 cm³/mol. The minimum absolute atomic E-state index is 0.0676. The summed E-state index contributed by atoms with van der Waals surface area (Å²) >= 11 is 6.53. The van der Waals surface area contributed by atoms with Crippen LogP contribution in [0.25, 0.3) is 11.7 Å². The summed E-state index contributed by atoms with van der Waals surface area (Å²) in [5, 5.41) is 0. The van der Waals surface area contributed by atoms with Crippen LogP contribution in [0.15, 0.2) is 58.4 Å². The van der Waals surface area contributed by atoms with Gasteiger partial charge in [0.2, 0.25) is 5.88 Å². The highest BCUT2D eigenvalue weighted by atomic mass is 32.2. The Morgan fingerprint density at radius 1 is 1.16 bits per heavy atom. The van der Waals surface area contributed by atoms with E-state index in [1.165, 1.54) is 27.8 Å². The minimum Gasteiger partial charge on any atom is -0.438 e. The van der Waals surface area contributed by atoms with E-state index in [2.05, 4.69) is 11.9 Å². The van der Waals surface area contributed by atoms with Crippen LogP contribution in [0.2, 0.25) is 0 Å². The van der Waals surface area contributed by atoms with Crippen molar-refractivity contribution in [3.63, 3.8) is 0 Å². The smallest absolute Gasteiger partial charge is 0.269 e. The van der Waals surface area contributed by atoms with Crippen LogP contribution < -0.4 is 10.3 Å². The number of ether oxygens (including phenoxy) is 1. The number of fused-ring (bicyclic) bond motifs is 1. The molecule has 1 aliphatic rings. The Labute approximate surface area is 189 Å². The Hall–Kier alpha value is -2.97. The van der Waals surface area contributed by atoms with Crippen molar-refractivity contribution < 1.29 is 9.53 Å². The van der Waals surface area contributed by atoms with Gasteiger partial charge in [-0.2, -0.15) is 4.98 Å². The number of carbonyl (C=O) groups excluding carboxylic acids is 1. The van der Waals surface area contributed by atoms with E-state index in [1.54, 1.807) is 29.3 Å². The second-order valence-corrected chi connectivity index (χ2v) is 8.99. The molecule has 2 aromatic heterocycles. The summed E-state index contributed by atoms with van der Waals surface area (Å²) in [6.45, 7) is 5.87. The minimum atomic E-state index is -0.319. The fourth-order valence-electron chi connectivity index (χ4n) is 3.24. The summed E-state index contributed by atoms with van der Waals surface area (Å²) in [4.78, 5) is 32.6. The quantitative estimate of drug-likeness (QED) is 0.415. The van der Waals surface area contributed by atoms with Crippen LogP contribution in [0.5, 0.6) is 11.6 Å². The monoisotopic (exact) mass is 451 g/mol. The number of carbonyl (C=O) groups is 1. The summed E-state index contributed by atoms with van der Waals surface area (Å²) in [6.07, 6.45) is 4.09. The molecule has 1 aliphatic heterocycles. The predicted octanol–water partition coefficient (Wildman–Crippen LogP) is 4.66. The van der Waals surface area contributed by atoms with Crippen LogP contribution in [0.3, 0.4) is 0 Å². The zero-order valence-corrected chi connectivity index (χ0v) is 19.0. The first-order valence-electron chi connectivity index (χ1n) is 9.94. The van der Waals surface area contributed by atoms with Gasteiger partial charge in [0.25, 0.3) is 11.5 Å². The second-order valence-electron chi connectivity index (χ2n) is 7.31. The molecule has 1 fully saturated rings. The van der Waals surface area contributed by atoms with Gasteiger partial charge in [-0.25, -0.2) is 0 Å².